The van der Waals surface area contributed by atoms with Crippen molar-refractivity contribution >= 4 is 17.3 Å². The molecule has 0 spiro atoms. The van der Waals surface area contributed by atoms with Crippen molar-refractivity contribution in [1.29, 1.82) is 0 Å². The normalized spacial score (nSPS) is 12.6. The van der Waals surface area contributed by atoms with Gasteiger partial charge in [-0.05, 0) is 29.7 Å². The van der Waals surface area contributed by atoms with E-state index in [1.807, 2.05) is 0 Å². The minimum absolute atomic E-state index is 0.0981. The van der Waals surface area contributed by atoms with Crippen molar-refractivity contribution in [2.24, 2.45) is 5.92 Å². The third kappa shape index (κ3) is 4.12. The summed E-state index contributed by atoms with van der Waals surface area (Å²) in [6.07, 6.45) is 0. The smallest absolute Gasteiger partial charge is 0.336 e. The Morgan fingerprint density at radius 2 is 2.00 bits per heavy atom. The van der Waals surface area contributed by atoms with Crippen molar-refractivity contribution in [3.05, 3.63) is 57.5 Å². The van der Waals surface area contributed by atoms with Gasteiger partial charge < -0.3 is 10.4 Å². The first-order chi connectivity index (χ1) is 9.97. The summed E-state index contributed by atoms with van der Waals surface area (Å²) < 4.78 is 13.0. The Balaban J connectivity index is 2.06. The second kappa shape index (κ2) is 6.83. The zero-order valence-corrected chi connectivity index (χ0v) is 12.8. The molecule has 0 bridgehead atoms. The highest BCUT2D eigenvalue weighted by Crippen LogP contribution is 2.23. The Hall–Kier alpha value is -1.72. The number of carboxylic acids is 1. The summed E-state index contributed by atoms with van der Waals surface area (Å²) in [6, 6.07) is 8.26. The number of halogens is 1. The van der Waals surface area contributed by atoms with Crippen molar-refractivity contribution in [2.75, 3.05) is 0 Å². The summed E-state index contributed by atoms with van der Waals surface area (Å²) in [4.78, 5) is 11.8. The number of carbonyl (C=O) groups is 1. The van der Waals surface area contributed by atoms with E-state index >= 15 is 0 Å². The Bertz CT molecular complexity index is 607. The van der Waals surface area contributed by atoms with Gasteiger partial charge in [-0.2, -0.15) is 0 Å². The summed E-state index contributed by atoms with van der Waals surface area (Å²) in [6.45, 7) is 4.79. The van der Waals surface area contributed by atoms with Gasteiger partial charge in [-0.3, -0.25) is 0 Å². The highest BCUT2D eigenvalue weighted by molar-refractivity contribution is 7.10. The Morgan fingerprint density at radius 1 is 1.33 bits per heavy atom. The highest BCUT2D eigenvalue weighted by atomic mass is 32.1. The Kier molecular flexibility index (Phi) is 5.09. The van der Waals surface area contributed by atoms with Crippen LogP contribution in [0.4, 0.5) is 4.39 Å². The van der Waals surface area contributed by atoms with Gasteiger partial charge in [-0.1, -0.05) is 26.0 Å². The van der Waals surface area contributed by atoms with Crippen molar-refractivity contribution < 1.29 is 14.3 Å². The molecule has 1 heterocycles. The molecule has 0 fully saturated rings. The van der Waals surface area contributed by atoms with Crippen LogP contribution in [0.3, 0.4) is 0 Å². The maximum Gasteiger partial charge on any atom is 0.336 e. The first-order valence-corrected chi connectivity index (χ1v) is 7.65. The minimum Gasteiger partial charge on any atom is -0.478 e. The van der Waals surface area contributed by atoms with E-state index in [9.17, 15) is 9.18 Å². The molecule has 0 saturated carbocycles. The van der Waals surface area contributed by atoms with Crippen molar-refractivity contribution in [2.45, 2.75) is 26.4 Å². The maximum atomic E-state index is 13.0. The van der Waals surface area contributed by atoms with Gasteiger partial charge in [-0.25, -0.2) is 9.18 Å². The lowest BCUT2D eigenvalue weighted by Crippen LogP contribution is -2.25. The molecule has 0 amide bonds. The summed E-state index contributed by atoms with van der Waals surface area (Å²) in [5.41, 5.74) is 1.35. The second-order valence-electron chi connectivity index (χ2n) is 5.26. The fourth-order valence-electron chi connectivity index (χ4n) is 2.20. The van der Waals surface area contributed by atoms with Gasteiger partial charge >= 0.3 is 5.97 Å². The number of benzene rings is 1. The average molecular weight is 307 g/mol. The summed E-state index contributed by atoms with van der Waals surface area (Å²) >= 11 is 1.43. The molecule has 0 saturated heterocycles. The molecule has 1 atom stereocenters. The van der Waals surface area contributed by atoms with E-state index in [1.54, 1.807) is 23.6 Å². The largest absolute Gasteiger partial charge is 0.478 e. The standard InChI is InChI=1S/C16H18FNO2S/c1-10(2)15(11-3-5-13(17)6-4-11)18-8-14-7-12(9-21-14)16(19)20/h3-7,9-10,15,18H,8H2,1-2H3,(H,19,20). The summed E-state index contributed by atoms with van der Waals surface area (Å²) in [5.74, 6) is -0.809. The fourth-order valence-corrected chi connectivity index (χ4v) is 3.01. The molecule has 2 aromatic rings. The van der Waals surface area contributed by atoms with E-state index in [2.05, 4.69) is 19.2 Å². The van der Waals surface area contributed by atoms with Crippen LogP contribution in [0.25, 0.3) is 0 Å². The number of aromatic carboxylic acids is 1. The van der Waals surface area contributed by atoms with Crippen LogP contribution in [0.15, 0.2) is 35.7 Å². The number of thiophene rings is 1. The fraction of sp³-hybridized carbons (Fsp3) is 0.312. The molecule has 112 valence electrons. The van der Waals surface area contributed by atoms with Gasteiger partial charge in [0.05, 0.1) is 5.56 Å². The molecule has 1 unspecified atom stereocenters. The molecule has 0 radical (unpaired) electrons. The number of hydrogen-bond acceptors (Lipinski definition) is 3. The summed E-state index contributed by atoms with van der Waals surface area (Å²) in [7, 11) is 0. The lowest BCUT2D eigenvalue weighted by Gasteiger charge is -2.22. The van der Waals surface area contributed by atoms with E-state index < -0.39 is 5.97 Å². The molecule has 1 aromatic heterocycles. The number of nitrogens with one attached hydrogen (secondary N) is 1. The predicted molar refractivity (Wildman–Crippen MR) is 82.1 cm³/mol. The SMILES string of the molecule is CC(C)C(NCc1cc(C(=O)O)cs1)c1ccc(F)cc1. The Morgan fingerprint density at radius 3 is 2.52 bits per heavy atom. The third-order valence-electron chi connectivity index (χ3n) is 3.29. The van der Waals surface area contributed by atoms with Crippen LogP contribution in [0, 0.1) is 11.7 Å². The topological polar surface area (TPSA) is 49.3 Å². The third-order valence-corrected chi connectivity index (χ3v) is 4.23. The van der Waals surface area contributed by atoms with Crippen LogP contribution in [0.5, 0.6) is 0 Å². The highest BCUT2D eigenvalue weighted by Gasteiger charge is 2.16. The first-order valence-electron chi connectivity index (χ1n) is 6.77. The van der Waals surface area contributed by atoms with Crippen LogP contribution in [0.1, 0.15) is 40.7 Å². The molecule has 2 rings (SSSR count). The van der Waals surface area contributed by atoms with Gasteiger partial charge in [0.2, 0.25) is 0 Å². The van der Waals surface area contributed by atoms with Gasteiger partial charge in [-0.15, -0.1) is 11.3 Å². The molecular weight excluding hydrogens is 289 g/mol. The van der Waals surface area contributed by atoms with Crippen LogP contribution < -0.4 is 5.32 Å². The second-order valence-corrected chi connectivity index (χ2v) is 6.26. The van der Waals surface area contributed by atoms with Gasteiger partial charge in [0, 0.05) is 22.8 Å². The minimum atomic E-state index is -0.906. The Labute approximate surface area is 127 Å². The molecule has 0 aliphatic carbocycles. The lowest BCUT2D eigenvalue weighted by atomic mass is 9.96. The quantitative estimate of drug-likeness (QED) is 0.845. The van der Waals surface area contributed by atoms with Crippen LogP contribution >= 0.6 is 11.3 Å². The van der Waals surface area contributed by atoms with E-state index in [4.69, 9.17) is 5.11 Å². The van der Waals surface area contributed by atoms with Crippen LogP contribution in [-0.4, -0.2) is 11.1 Å². The van der Waals surface area contributed by atoms with E-state index in [1.165, 1.54) is 23.5 Å². The number of carboxylic acid groups (broad SMARTS) is 1. The molecule has 1 aromatic carbocycles. The van der Waals surface area contributed by atoms with Crippen LogP contribution in [0.2, 0.25) is 0 Å². The molecular formula is C16H18FNO2S. The van der Waals surface area contributed by atoms with Gasteiger partial charge in [0.15, 0.2) is 0 Å². The maximum absolute atomic E-state index is 13.0. The van der Waals surface area contributed by atoms with Crippen molar-refractivity contribution in [1.82, 2.24) is 5.32 Å². The molecule has 0 aliphatic heterocycles. The predicted octanol–water partition coefficient (Wildman–Crippen LogP) is 4.07. The van der Waals surface area contributed by atoms with Crippen LogP contribution in [-0.2, 0) is 6.54 Å². The average Bonchev–Trinajstić information content (AvgIpc) is 2.90. The zero-order chi connectivity index (χ0) is 15.4. The summed E-state index contributed by atoms with van der Waals surface area (Å²) in [5, 5.41) is 14.0. The molecule has 2 N–H and O–H groups in total. The lowest BCUT2D eigenvalue weighted by molar-refractivity contribution is 0.0697. The van der Waals surface area contributed by atoms with Gasteiger partial charge in [0.25, 0.3) is 0 Å². The van der Waals surface area contributed by atoms with Crippen molar-refractivity contribution in [3.63, 3.8) is 0 Å². The number of rotatable bonds is 6. The molecule has 0 aliphatic rings. The molecule has 5 heteroatoms. The monoisotopic (exact) mass is 307 g/mol. The molecule has 21 heavy (non-hydrogen) atoms. The van der Waals surface area contributed by atoms with Crippen molar-refractivity contribution in [3.8, 4) is 0 Å². The van der Waals surface area contributed by atoms with E-state index in [-0.39, 0.29) is 11.9 Å². The molecule has 3 nitrogen and oxygen atoms in total. The van der Waals surface area contributed by atoms with Gasteiger partial charge in [0.1, 0.15) is 5.82 Å². The zero-order valence-electron chi connectivity index (χ0n) is 12.0. The number of hydrogen-bond donors (Lipinski definition) is 2. The van der Waals surface area contributed by atoms with E-state index in [0.29, 0.717) is 18.0 Å². The van der Waals surface area contributed by atoms with E-state index in [0.717, 1.165) is 10.4 Å². The first kappa shape index (κ1) is 15.7.